The monoisotopic (exact) mass is 218 g/mol. The summed E-state index contributed by atoms with van der Waals surface area (Å²) >= 11 is 3.22. The molecular weight excluding hydrogens is 208 g/mol. The van der Waals surface area contributed by atoms with E-state index in [9.17, 15) is 4.79 Å². The second-order valence-corrected chi connectivity index (χ2v) is 2.60. The molecule has 0 unspecified atom stereocenters. The minimum absolute atomic E-state index is 0.269. The van der Waals surface area contributed by atoms with Crippen LogP contribution in [0.4, 0.5) is 0 Å². The molecule has 0 aromatic rings. The van der Waals surface area contributed by atoms with Crippen LogP contribution in [0, 0.1) is 0 Å². The summed E-state index contributed by atoms with van der Waals surface area (Å²) in [5.41, 5.74) is 0.944. The normalized spacial score (nSPS) is 10.9. The van der Waals surface area contributed by atoms with E-state index < -0.39 is 0 Å². The number of rotatable bonds is 4. The first kappa shape index (κ1) is 10.4. The summed E-state index contributed by atoms with van der Waals surface area (Å²) < 4.78 is 4.71. The highest BCUT2D eigenvalue weighted by atomic mass is 79.9. The average molecular weight is 219 g/mol. The standard InChI is InChI=1S/C8H11BrO2/c1-3-4-11-8(10)5-7(2)6-9/h3,5H,1,4,6H2,2H3/b7-5-. The molecule has 0 saturated heterocycles. The van der Waals surface area contributed by atoms with Crippen molar-refractivity contribution in [2.45, 2.75) is 6.92 Å². The summed E-state index contributed by atoms with van der Waals surface area (Å²) in [5, 5.41) is 0.691. The maximum Gasteiger partial charge on any atom is 0.331 e. The van der Waals surface area contributed by atoms with Gasteiger partial charge in [0.15, 0.2) is 0 Å². The number of alkyl halides is 1. The van der Waals surface area contributed by atoms with E-state index in [1.54, 1.807) is 0 Å². The molecule has 0 fully saturated rings. The fourth-order valence-electron chi connectivity index (χ4n) is 0.422. The van der Waals surface area contributed by atoms with E-state index in [1.807, 2.05) is 6.92 Å². The zero-order valence-corrected chi connectivity index (χ0v) is 8.06. The Morgan fingerprint density at radius 3 is 2.82 bits per heavy atom. The number of halogens is 1. The van der Waals surface area contributed by atoms with Crippen molar-refractivity contribution in [2.24, 2.45) is 0 Å². The molecule has 0 bridgehead atoms. The van der Waals surface area contributed by atoms with Gasteiger partial charge in [-0.05, 0) is 6.92 Å². The average Bonchev–Trinajstić information content (AvgIpc) is 2.00. The summed E-state index contributed by atoms with van der Waals surface area (Å²) in [7, 11) is 0. The van der Waals surface area contributed by atoms with Crippen molar-refractivity contribution >= 4 is 21.9 Å². The summed E-state index contributed by atoms with van der Waals surface area (Å²) in [5.74, 6) is -0.318. The number of ether oxygens (including phenoxy) is 1. The maximum atomic E-state index is 10.8. The van der Waals surface area contributed by atoms with E-state index in [1.165, 1.54) is 12.2 Å². The molecule has 0 atom stereocenters. The van der Waals surface area contributed by atoms with Gasteiger partial charge >= 0.3 is 5.97 Å². The molecule has 62 valence electrons. The van der Waals surface area contributed by atoms with Crippen molar-refractivity contribution in [3.05, 3.63) is 24.3 Å². The van der Waals surface area contributed by atoms with Crippen molar-refractivity contribution in [3.63, 3.8) is 0 Å². The summed E-state index contributed by atoms with van der Waals surface area (Å²) in [6.07, 6.45) is 2.99. The Morgan fingerprint density at radius 2 is 2.36 bits per heavy atom. The molecule has 0 aromatic heterocycles. The van der Waals surface area contributed by atoms with Crippen molar-refractivity contribution in [1.82, 2.24) is 0 Å². The van der Waals surface area contributed by atoms with Gasteiger partial charge in [0.1, 0.15) is 6.61 Å². The first-order valence-corrected chi connectivity index (χ1v) is 4.33. The lowest BCUT2D eigenvalue weighted by atomic mass is 10.3. The first-order chi connectivity index (χ1) is 5.20. The lowest BCUT2D eigenvalue weighted by Gasteiger charge is -1.96. The van der Waals surface area contributed by atoms with Crippen molar-refractivity contribution < 1.29 is 9.53 Å². The molecule has 0 heterocycles. The van der Waals surface area contributed by atoms with E-state index in [-0.39, 0.29) is 12.6 Å². The maximum absolute atomic E-state index is 10.8. The van der Waals surface area contributed by atoms with Crippen molar-refractivity contribution in [1.29, 1.82) is 0 Å². The smallest absolute Gasteiger partial charge is 0.331 e. The minimum Gasteiger partial charge on any atom is -0.458 e. The van der Waals surface area contributed by atoms with Gasteiger partial charge in [-0.2, -0.15) is 0 Å². The van der Waals surface area contributed by atoms with Crippen LogP contribution in [0.1, 0.15) is 6.92 Å². The number of hydrogen-bond acceptors (Lipinski definition) is 2. The molecule has 0 saturated carbocycles. The van der Waals surface area contributed by atoms with Gasteiger partial charge in [-0.1, -0.05) is 34.2 Å². The topological polar surface area (TPSA) is 26.3 Å². The van der Waals surface area contributed by atoms with Crippen LogP contribution in [0.25, 0.3) is 0 Å². The Balaban J connectivity index is 3.76. The van der Waals surface area contributed by atoms with Crippen LogP contribution in [0.2, 0.25) is 0 Å². The molecule has 2 nitrogen and oxygen atoms in total. The summed E-state index contributed by atoms with van der Waals surface area (Å²) in [6.45, 7) is 5.54. The van der Waals surface area contributed by atoms with Gasteiger partial charge in [-0.25, -0.2) is 4.79 Å². The lowest BCUT2D eigenvalue weighted by Crippen LogP contribution is -2.01. The Bertz CT molecular complexity index is 173. The van der Waals surface area contributed by atoms with E-state index in [0.29, 0.717) is 5.33 Å². The van der Waals surface area contributed by atoms with Gasteiger partial charge < -0.3 is 4.74 Å². The van der Waals surface area contributed by atoms with Crippen LogP contribution in [0.5, 0.6) is 0 Å². The van der Waals surface area contributed by atoms with E-state index in [4.69, 9.17) is 4.74 Å². The van der Waals surface area contributed by atoms with E-state index in [2.05, 4.69) is 22.5 Å². The SMILES string of the molecule is C=CCOC(=O)/C=C(/C)CBr. The molecule has 0 spiro atoms. The quantitative estimate of drug-likeness (QED) is 0.313. The van der Waals surface area contributed by atoms with Crippen molar-refractivity contribution in [3.8, 4) is 0 Å². The fraction of sp³-hybridized carbons (Fsp3) is 0.375. The molecule has 0 aliphatic heterocycles. The minimum atomic E-state index is -0.318. The first-order valence-electron chi connectivity index (χ1n) is 3.21. The summed E-state index contributed by atoms with van der Waals surface area (Å²) in [4.78, 5) is 10.8. The highest BCUT2D eigenvalue weighted by Gasteiger charge is 1.95. The van der Waals surface area contributed by atoms with Gasteiger partial charge in [-0.3, -0.25) is 0 Å². The Morgan fingerprint density at radius 1 is 1.73 bits per heavy atom. The fourth-order valence-corrected chi connectivity index (χ4v) is 0.584. The molecule has 0 aromatic carbocycles. The largest absolute Gasteiger partial charge is 0.458 e. The Kier molecular flexibility index (Phi) is 5.84. The molecule has 0 aliphatic carbocycles. The molecule has 3 heteroatoms. The molecule has 0 N–H and O–H groups in total. The van der Waals surface area contributed by atoms with Crippen LogP contribution in [-0.4, -0.2) is 17.9 Å². The van der Waals surface area contributed by atoms with Crippen LogP contribution >= 0.6 is 15.9 Å². The predicted molar refractivity (Wildman–Crippen MR) is 48.7 cm³/mol. The predicted octanol–water partition coefficient (Wildman–Crippen LogP) is 2.06. The van der Waals surface area contributed by atoms with E-state index in [0.717, 1.165) is 5.57 Å². The number of allylic oxidation sites excluding steroid dienone is 1. The lowest BCUT2D eigenvalue weighted by molar-refractivity contribution is -0.136. The third-order valence-corrected chi connectivity index (χ3v) is 1.80. The van der Waals surface area contributed by atoms with Gasteiger partial charge in [0.05, 0.1) is 0 Å². The van der Waals surface area contributed by atoms with Crippen LogP contribution in [0.15, 0.2) is 24.3 Å². The zero-order chi connectivity index (χ0) is 8.69. The summed E-state index contributed by atoms with van der Waals surface area (Å²) in [6, 6.07) is 0. The van der Waals surface area contributed by atoms with Gasteiger partial charge in [-0.15, -0.1) is 0 Å². The van der Waals surface area contributed by atoms with Crippen LogP contribution in [-0.2, 0) is 9.53 Å². The third-order valence-electron chi connectivity index (χ3n) is 0.918. The highest BCUT2D eigenvalue weighted by molar-refractivity contribution is 9.09. The highest BCUT2D eigenvalue weighted by Crippen LogP contribution is 1.97. The molecular formula is C8H11BrO2. The second kappa shape index (κ2) is 6.16. The number of esters is 1. The Labute approximate surface area is 75.1 Å². The van der Waals surface area contributed by atoms with Gasteiger partial charge in [0.25, 0.3) is 0 Å². The number of carbonyl (C=O) groups is 1. The molecule has 0 aliphatic rings. The van der Waals surface area contributed by atoms with E-state index >= 15 is 0 Å². The molecule has 11 heavy (non-hydrogen) atoms. The van der Waals surface area contributed by atoms with Crippen LogP contribution in [0.3, 0.4) is 0 Å². The number of carbonyl (C=O) groups excluding carboxylic acids is 1. The number of hydrogen-bond donors (Lipinski definition) is 0. The molecule has 0 rings (SSSR count). The molecule has 0 radical (unpaired) electrons. The second-order valence-electron chi connectivity index (χ2n) is 2.04. The third kappa shape index (κ3) is 5.85. The van der Waals surface area contributed by atoms with Gasteiger partial charge in [0.2, 0.25) is 0 Å². The van der Waals surface area contributed by atoms with Crippen LogP contribution < -0.4 is 0 Å². The zero-order valence-electron chi connectivity index (χ0n) is 6.47. The Hall–Kier alpha value is -0.570. The van der Waals surface area contributed by atoms with Gasteiger partial charge in [0, 0.05) is 11.4 Å². The molecule has 0 amide bonds. The van der Waals surface area contributed by atoms with Crippen molar-refractivity contribution in [2.75, 3.05) is 11.9 Å².